The maximum Gasteiger partial charge on any atom is 0.0396 e. The Morgan fingerprint density at radius 3 is 2.33 bits per heavy atom. The molecule has 0 radical (unpaired) electrons. The van der Waals surface area contributed by atoms with Crippen LogP contribution in [0.5, 0.6) is 0 Å². The number of piperidine rings is 1. The Morgan fingerprint density at radius 1 is 1.24 bits per heavy atom. The Balaban J connectivity index is 2.04. The van der Waals surface area contributed by atoms with Crippen molar-refractivity contribution in [2.75, 3.05) is 18.0 Å². The average Bonchev–Trinajstić information content (AvgIpc) is 2.37. The fraction of sp³-hybridized carbons (Fsp3) is 0.684. The molecule has 1 atom stereocenters. The Bertz CT molecular complexity index is 463. The first-order chi connectivity index (χ1) is 9.77. The highest BCUT2D eigenvalue weighted by atomic mass is 15.1. The lowest BCUT2D eigenvalue weighted by Crippen LogP contribution is -2.38. The summed E-state index contributed by atoms with van der Waals surface area (Å²) in [6.07, 6.45) is 3.59. The summed E-state index contributed by atoms with van der Waals surface area (Å²) in [5, 5.41) is 0. The first kappa shape index (κ1) is 16.4. The highest BCUT2D eigenvalue weighted by molar-refractivity contribution is 5.54. The summed E-state index contributed by atoms with van der Waals surface area (Å²) in [6.45, 7) is 13.8. The van der Waals surface area contributed by atoms with E-state index in [0.29, 0.717) is 5.41 Å². The van der Waals surface area contributed by atoms with Crippen molar-refractivity contribution < 1.29 is 0 Å². The smallest absolute Gasteiger partial charge is 0.0396 e. The van der Waals surface area contributed by atoms with Crippen LogP contribution in [0.4, 0.5) is 5.69 Å². The maximum atomic E-state index is 5.90. The van der Waals surface area contributed by atoms with E-state index in [1.807, 2.05) is 0 Å². The Hall–Kier alpha value is -1.02. The monoisotopic (exact) mass is 288 g/mol. The third-order valence-electron chi connectivity index (χ3n) is 4.88. The molecule has 1 fully saturated rings. The summed E-state index contributed by atoms with van der Waals surface area (Å²) >= 11 is 0. The Kier molecular flexibility index (Phi) is 4.98. The Labute approximate surface area is 130 Å². The van der Waals surface area contributed by atoms with Gasteiger partial charge >= 0.3 is 0 Å². The van der Waals surface area contributed by atoms with Gasteiger partial charge in [-0.25, -0.2) is 0 Å². The quantitative estimate of drug-likeness (QED) is 0.905. The number of aryl methyl sites for hydroxylation is 1. The summed E-state index contributed by atoms with van der Waals surface area (Å²) in [7, 11) is 0. The summed E-state index contributed by atoms with van der Waals surface area (Å²) < 4.78 is 0. The number of hydrogen-bond donors (Lipinski definition) is 1. The van der Waals surface area contributed by atoms with Gasteiger partial charge in [-0.05, 0) is 61.6 Å². The zero-order valence-corrected chi connectivity index (χ0v) is 14.4. The molecule has 1 unspecified atom stereocenters. The minimum Gasteiger partial charge on any atom is -0.371 e. The number of hydrogen-bond acceptors (Lipinski definition) is 2. The largest absolute Gasteiger partial charge is 0.371 e. The van der Waals surface area contributed by atoms with Crippen molar-refractivity contribution >= 4 is 5.69 Å². The molecule has 1 aromatic carbocycles. The summed E-state index contributed by atoms with van der Waals surface area (Å²) in [4.78, 5) is 2.56. The van der Waals surface area contributed by atoms with Crippen molar-refractivity contribution in [3.63, 3.8) is 0 Å². The van der Waals surface area contributed by atoms with Crippen LogP contribution >= 0.6 is 0 Å². The molecule has 21 heavy (non-hydrogen) atoms. The molecule has 118 valence electrons. The zero-order chi connectivity index (χ0) is 15.6. The Morgan fingerprint density at radius 2 is 1.86 bits per heavy atom. The van der Waals surface area contributed by atoms with Crippen LogP contribution < -0.4 is 10.6 Å². The van der Waals surface area contributed by atoms with Gasteiger partial charge in [-0.3, -0.25) is 0 Å². The standard InChI is InChI=1S/C19H32N2/c1-14-12-16(13-15(2)20)6-7-18(14)21-10-8-17(9-11-21)19(3,4)5/h6-7,12,15,17H,8-11,13,20H2,1-5H3. The predicted octanol–water partition coefficient (Wildman–Crippen LogP) is 4.15. The van der Waals surface area contributed by atoms with E-state index in [4.69, 9.17) is 5.73 Å². The van der Waals surface area contributed by atoms with E-state index in [-0.39, 0.29) is 6.04 Å². The molecule has 0 amide bonds. The lowest BCUT2D eigenvalue weighted by atomic mass is 9.75. The molecular formula is C19H32N2. The minimum absolute atomic E-state index is 0.234. The second-order valence-electron chi connectivity index (χ2n) is 7.93. The second kappa shape index (κ2) is 6.39. The number of nitrogens with zero attached hydrogens (tertiary/aromatic N) is 1. The van der Waals surface area contributed by atoms with Crippen molar-refractivity contribution in [1.29, 1.82) is 0 Å². The number of anilines is 1. The highest BCUT2D eigenvalue weighted by Crippen LogP contribution is 2.36. The van der Waals surface area contributed by atoms with Crippen LogP contribution in [-0.2, 0) is 6.42 Å². The van der Waals surface area contributed by atoms with E-state index < -0.39 is 0 Å². The summed E-state index contributed by atoms with van der Waals surface area (Å²) in [5.74, 6) is 0.853. The third-order valence-corrected chi connectivity index (χ3v) is 4.88. The van der Waals surface area contributed by atoms with E-state index in [9.17, 15) is 0 Å². The lowest BCUT2D eigenvalue weighted by Gasteiger charge is -2.40. The normalized spacial score (nSPS) is 18.9. The van der Waals surface area contributed by atoms with E-state index in [1.54, 1.807) is 0 Å². The highest BCUT2D eigenvalue weighted by Gasteiger charge is 2.29. The van der Waals surface area contributed by atoms with Gasteiger partial charge in [0.05, 0.1) is 0 Å². The zero-order valence-electron chi connectivity index (χ0n) is 14.4. The van der Waals surface area contributed by atoms with Crippen molar-refractivity contribution in [2.45, 2.75) is 59.9 Å². The fourth-order valence-electron chi connectivity index (χ4n) is 3.56. The van der Waals surface area contributed by atoms with Gasteiger partial charge in [0, 0.05) is 24.8 Å². The van der Waals surface area contributed by atoms with Gasteiger partial charge in [0.25, 0.3) is 0 Å². The SMILES string of the molecule is Cc1cc(CC(C)N)ccc1N1CCC(C(C)(C)C)CC1. The third kappa shape index (κ3) is 4.23. The van der Waals surface area contributed by atoms with Crippen molar-refractivity contribution in [1.82, 2.24) is 0 Å². The van der Waals surface area contributed by atoms with Gasteiger partial charge in [0.15, 0.2) is 0 Å². The molecule has 2 N–H and O–H groups in total. The molecule has 0 spiro atoms. The molecule has 1 aromatic rings. The topological polar surface area (TPSA) is 29.3 Å². The number of rotatable bonds is 3. The van der Waals surface area contributed by atoms with Gasteiger partial charge in [-0.2, -0.15) is 0 Å². The van der Waals surface area contributed by atoms with E-state index >= 15 is 0 Å². The molecule has 2 rings (SSSR count). The molecule has 2 heteroatoms. The number of nitrogens with two attached hydrogens (primary N) is 1. The summed E-state index contributed by atoms with van der Waals surface area (Å²) in [5.41, 5.74) is 10.5. The number of benzene rings is 1. The summed E-state index contributed by atoms with van der Waals surface area (Å²) in [6, 6.07) is 7.10. The molecule has 2 nitrogen and oxygen atoms in total. The van der Waals surface area contributed by atoms with E-state index in [1.165, 1.54) is 42.7 Å². The fourth-order valence-corrected chi connectivity index (χ4v) is 3.56. The average molecular weight is 288 g/mol. The van der Waals surface area contributed by atoms with Crippen LogP contribution in [0, 0.1) is 18.3 Å². The van der Waals surface area contributed by atoms with Gasteiger partial charge < -0.3 is 10.6 Å². The molecular weight excluding hydrogens is 256 g/mol. The molecule has 0 aliphatic carbocycles. The molecule has 1 saturated heterocycles. The second-order valence-corrected chi connectivity index (χ2v) is 7.93. The molecule has 1 aliphatic rings. The van der Waals surface area contributed by atoms with Crippen LogP contribution in [0.1, 0.15) is 51.7 Å². The van der Waals surface area contributed by atoms with Crippen molar-refractivity contribution in [3.8, 4) is 0 Å². The van der Waals surface area contributed by atoms with Gasteiger partial charge in [0.2, 0.25) is 0 Å². The van der Waals surface area contributed by atoms with Crippen LogP contribution in [0.25, 0.3) is 0 Å². The van der Waals surface area contributed by atoms with Gasteiger partial charge in [-0.15, -0.1) is 0 Å². The molecule has 0 aromatic heterocycles. The maximum absolute atomic E-state index is 5.90. The first-order valence-corrected chi connectivity index (χ1v) is 8.37. The molecule has 0 bridgehead atoms. The molecule has 1 heterocycles. The first-order valence-electron chi connectivity index (χ1n) is 8.37. The lowest BCUT2D eigenvalue weighted by molar-refractivity contribution is 0.199. The van der Waals surface area contributed by atoms with Crippen molar-refractivity contribution in [2.24, 2.45) is 17.1 Å². The van der Waals surface area contributed by atoms with Crippen LogP contribution in [-0.4, -0.2) is 19.1 Å². The minimum atomic E-state index is 0.234. The van der Waals surface area contributed by atoms with Gasteiger partial charge in [-0.1, -0.05) is 32.9 Å². The molecule has 1 aliphatic heterocycles. The predicted molar refractivity (Wildman–Crippen MR) is 92.9 cm³/mol. The van der Waals surface area contributed by atoms with Crippen LogP contribution in [0.3, 0.4) is 0 Å². The van der Waals surface area contributed by atoms with E-state index in [2.05, 4.69) is 57.7 Å². The van der Waals surface area contributed by atoms with E-state index in [0.717, 1.165) is 12.3 Å². The molecule has 0 saturated carbocycles. The van der Waals surface area contributed by atoms with Gasteiger partial charge in [0.1, 0.15) is 0 Å². The van der Waals surface area contributed by atoms with Crippen molar-refractivity contribution in [3.05, 3.63) is 29.3 Å². The van der Waals surface area contributed by atoms with Crippen LogP contribution in [0.15, 0.2) is 18.2 Å². The van der Waals surface area contributed by atoms with Crippen LogP contribution in [0.2, 0.25) is 0 Å².